The van der Waals surface area contributed by atoms with Gasteiger partial charge in [-0.05, 0) is 42.5 Å². The normalized spacial score (nSPS) is 12.4. The van der Waals surface area contributed by atoms with E-state index in [4.69, 9.17) is 4.42 Å². The molecule has 0 saturated heterocycles. The molecule has 0 radical (unpaired) electrons. The van der Waals surface area contributed by atoms with Gasteiger partial charge in [0.1, 0.15) is 11.5 Å². The van der Waals surface area contributed by atoms with E-state index in [2.05, 4.69) is 20.3 Å². The summed E-state index contributed by atoms with van der Waals surface area (Å²) >= 11 is 0. The summed E-state index contributed by atoms with van der Waals surface area (Å²) in [5, 5.41) is 11.5. The average molecular weight is 475 g/mol. The van der Waals surface area contributed by atoms with Crippen molar-refractivity contribution in [2.75, 3.05) is 0 Å². The maximum atomic E-state index is 14.5. The van der Waals surface area contributed by atoms with Gasteiger partial charge in [0.25, 0.3) is 5.89 Å². The Morgan fingerprint density at radius 2 is 1.41 bits per heavy atom. The quantitative estimate of drug-likeness (QED) is 0.303. The van der Waals surface area contributed by atoms with E-state index < -0.39 is 23.6 Å². The van der Waals surface area contributed by atoms with Crippen LogP contribution in [-0.2, 0) is 5.92 Å². The van der Waals surface area contributed by atoms with Gasteiger partial charge in [-0.15, -0.1) is 10.2 Å². The Kier molecular flexibility index (Phi) is 4.88. The fourth-order valence-electron chi connectivity index (χ4n) is 3.24. The predicted octanol–water partition coefficient (Wildman–Crippen LogP) is 5.91. The Labute approximate surface area is 186 Å². The lowest BCUT2D eigenvalue weighted by Crippen LogP contribution is -2.35. The molecule has 0 atom stereocenters. The lowest BCUT2D eigenvalue weighted by atomic mass is 10.1. The van der Waals surface area contributed by atoms with Crippen molar-refractivity contribution in [2.45, 2.75) is 12.1 Å². The van der Waals surface area contributed by atoms with Crippen LogP contribution in [0, 0.1) is 5.82 Å². The fourth-order valence-corrected chi connectivity index (χ4v) is 3.24. The van der Waals surface area contributed by atoms with E-state index in [1.54, 1.807) is 30.3 Å². The molecule has 3 aromatic heterocycles. The molecule has 3 heterocycles. The van der Waals surface area contributed by atoms with Crippen molar-refractivity contribution in [1.82, 2.24) is 24.8 Å². The Bertz CT molecular complexity index is 1480. The van der Waals surface area contributed by atoms with Crippen LogP contribution in [0.5, 0.6) is 0 Å². The zero-order valence-corrected chi connectivity index (χ0v) is 16.8. The topological polar surface area (TPSA) is 69.1 Å². The zero-order chi connectivity index (χ0) is 24.1. The van der Waals surface area contributed by atoms with Gasteiger partial charge in [0, 0.05) is 17.2 Å². The van der Waals surface area contributed by atoms with Crippen molar-refractivity contribution in [3.05, 3.63) is 78.2 Å². The third-order valence-corrected chi connectivity index (χ3v) is 4.91. The molecule has 0 amide bonds. The second-order valence-corrected chi connectivity index (χ2v) is 7.18. The Morgan fingerprint density at radius 3 is 2.09 bits per heavy atom. The molecule has 0 aliphatic rings. The van der Waals surface area contributed by atoms with Crippen LogP contribution in [0.3, 0.4) is 0 Å². The third kappa shape index (κ3) is 3.66. The van der Waals surface area contributed by atoms with Crippen molar-refractivity contribution in [3.8, 4) is 34.3 Å². The Balaban J connectivity index is 1.68. The summed E-state index contributed by atoms with van der Waals surface area (Å²) in [7, 11) is 0. The minimum absolute atomic E-state index is 0.105. The minimum Gasteiger partial charge on any atom is -0.415 e. The summed E-state index contributed by atoms with van der Waals surface area (Å²) in [6, 6.07) is 14.8. The highest BCUT2D eigenvalue weighted by Gasteiger charge is 2.60. The number of hydrogen-bond acceptors (Lipinski definition) is 5. The second kappa shape index (κ2) is 7.68. The molecule has 0 unspecified atom stereocenters. The third-order valence-electron chi connectivity index (χ3n) is 4.91. The molecule has 0 spiro atoms. The molecule has 34 heavy (non-hydrogen) atoms. The Morgan fingerprint density at radius 1 is 0.735 bits per heavy atom. The maximum Gasteiger partial charge on any atom is 0.459 e. The minimum atomic E-state index is -5.90. The number of fused-ring (bicyclic) bond motifs is 1. The molecule has 172 valence electrons. The highest BCUT2D eigenvalue weighted by Crippen LogP contribution is 2.44. The van der Waals surface area contributed by atoms with E-state index in [1.165, 1.54) is 12.1 Å². The van der Waals surface area contributed by atoms with Crippen molar-refractivity contribution in [2.24, 2.45) is 0 Å². The van der Waals surface area contributed by atoms with Crippen molar-refractivity contribution in [1.29, 1.82) is 0 Å². The fraction of sp³-hybridized carbons (Fsp3) is 0.0909. The van der Waals surface area contributed by atoms with E-state index in [-0.39, 0.29) is 34.4 Å². The Hall–Kier alpha value is -4.22. The van der Waals surface area contributed by atoms with Gasteiger partial charge in [0.05, 0.1) is 5.69 Å². The first-order valence-electron chi connectivity index (χ1n) is 9.64. The number of rotatable bonds is 4. The number of aromatic nitrogens is 5. The first-order valence-corrected chi connectivity index (χ1v) is 9.64. The second-order valence-electron chi connectivity index (χ2n) is 7.18. The summed E-state index contributed by atoms with van der Waals surface area (Å²) in [6.07, 6.45) is -5.90. The largest absolute Gasteiger partial charge is 0.459 e. The van der Waals surface area contributed by atoms with Crippen LogP contribution in [0.25, 0.3) is 39.9 Å². The highest BCUT2D eigenvalue weighted by molar-refractivity contribution is 5.66. The van der Waals surface area contributed by atoms with Crippen LogP contribution in [0.4, 0.5) is 26.3 Å². The average Bonchev–Trinajstić information content (AvgIpc) is 3.46. The summed E-state index contributed by atoms with van der Waals surface area (Å²) in [6.45, 7) is 0. The molecule has 5 aromatic rings. The number of benzene rings is 2. The van der Waals surface area contributed by atoms with Crippen LogP contribution in [0.2, 0.25) is 0 Å². The molecule has 0 aliphatic carbocycles. The van der Waals surface area contributed by atoms with Gasteiger partial charge in [0.15, 0.2) is 11.3 Å². The van der Waals surface area contributed by atoms with E-state index in [9.17, 15) is 26.3 Å². The smallest absolute Gasteiger partial charge is 0.415 e. The van der Waals surface area contributed by atoms with Crippen molar-refractivity contribution >= 4 is 5.65 Å². The summed E-state index contributed by atoms with van der Waals surface area (Å²) in [5.74, 6) is -5.97. The van der Waals surface area contributed by atoms with E-state index >= 15 is 0 Å². The van der Waals surface area contributed by atoms with E-state index in [1.807, 2.05) is 0 Å². The molecular weight excluding hydrogens is 464 g/mol. The van der Waals surface area contributed by atoms with Gasteiger partial charge >= 0.3 is 12.1 Å². The molecule has 0 N–H and O–H groups in total. The predicted molar refractivity (Wildman–Crippen MR) is 107 cm³/mol. The molecule has 2 aromatic carbocycles. The standard InChI is InChI=1S/C22H11F6N5O/c23-14-8-6-12(7-9-14)15-10-17(21(24,25)22(26,27)28)33-18(29-15)11-16(32-33)20-31-30-19(34-20)13-4-2-1-3-5-13/h1-11H. The highest BCUT2D eigenvalue weighted by atomic mass is 19.4. The molecule has 0 bridgehead atoms. The molecule has 6 nitrogen and oxygen atoms in total. The monoisotopic (exact) mass is 475 g/mol. The number of alkyl halides is 5. The SMILES string of the molecule is Fc1ccc(-c2cc(C(F)(F)C(F)(F)F)n3nc(-c4nnc(-c5ccccc5)o4)cc3n2)cc1. The van der Waals surface area contributed by atoms with Crippen molar-refractivity contribution in [3.63, 3.8) is 0 Å². The first kappa shape index (κ1) is 21.6. The van der Waals surface area contributed by atoms with Crippen LogP contribution in [0.1, 0.15) is 5.69 Å². The molecular formula is C22H11F6N5O. The molecule has 5 rings (SSSR count). The lowest BCUT2D eigenvalue weighted by Gasteiger charge is -2.21. The van der Waals surface area contributed by atoms with Gasteiger partial charge in [-0.25, -0.2) is 13.9 Å². The van der Waals surface area contributed by atoms with Crippen LogP contribution in [-0.4, -0.2) is 31.0 Å². The van der Waals surface area contributed by atoms with Gasteiger partial charge in [-0.2, -0.15) is 27.1 Å². The number of halogens is 6. The zero-order valence-electron chi connectivity index (χ0n) is 16.8. The lowest BCUT2D eigenvalue weighted by molar-refractivity contribution is -0.291. The van der Waals surface area contributed by atoms with E-state index in [0.29, 0.717) is 16.1 Å². The molecule has 0 aliphatic heterocycles. The molecule has 0 saturated carbocycles. The van der Waals surface area contributed by atoms with Gasteiger partial charge in [-0.3, -0.25) is 0 Å². The number of hydrogen-bond donors (Lipinski definition) is 0. The number of nitrogens with zero attached hydrogens (tertiary/aromatic N) is 5. The van der Waals surface area contributed by atoms with Gasteiger partial charge in [-0.1, -0.05) is 18.2 Å². The first-order chi connectivity index (χ1) is 16.1. The van der Waals surface area contributed by atoms with Crippen molar-refractivity contribution < 1.29 is 30.8 Å². The van der Waals surface area contributed by atoms with Crippen LogP contribution in [0.15, 0.2) is 71.1 Å². The van der Waals surface area contributed by atoms with Crippen LogP contribution < -0.4 is 0 Å². The summed E-state index contributed by atoms with van der Waals surface area (Å²) in [4.78, 5) is 4.13. The summed E-state index contributed by atoms with van der Waals surface area (Å²) in [5.41, 5.74) is -1.47. The van der Waals surface area contributed by atoms with Crippen LogP contribution >= 0.6 is 0 Å². The van der Waals surface area contributed by atoms with E-state index in [0.717, 1.165) is 18.2 Å². The molecule has 12 heteroatoms. The van der Waals surface area contributed by atoms with Gasteiger partial charge in [0.2, 0.25) is 5.89 Å². The molecule has 0 fully saturated rings. The maximum absolute atomic E-state index is 14.5. The summed E-state index contributed by atoms with van der Waals surface area (Å²) < 4.78 is 87.9. The van der Waals surface area contributed by atoms with Gasteiger partial charge < -0.3 is 4.42 Å².